The summed E-state index contributed by atoms with van der Waals surface area (Å²) < 4.78 is 6.96. The van der Waals surface area contributed by atoms with Gasteiger partial charge in [0.2, 0.25) is 0 Å². The molecule has 1 aromatic carbocycles. The molecule has 3 rings (SSSR count). The second-order valence-electron chi connectivity index (χ2n) is 4.66. The second-order valence-corrected chi connectivity index (χ2v) is 6.46. The molecule has 0 amide bonds. The van der Waals surface area contributed by atoms with Gasteiger partial charge in [0, 0.05) is 15.3 Å². The first-order valence-electron chi connectivity index (χ1n) is 6.19. The van der Waals surface area contributed by atoms with Crippen molar-refractivity contribution < 1.29 is 4.74 Å². The molecular formula is C14H15BrN2OS. The Labute approximate surface area is 124 Å². The Bertz CT molecular complexity index is 572. The van der Waals surface area contributed by atoms with Gasteiger partial charge in [-0.2, -0.15) is 0 Å². The monoisotopic (exact) mass is 338 g/mol. The highest BCUT2D eigenvalue weighted by atomic mass is 79.9. The third kappa shape index (κ3) is 2.56. The number of ether oxygens (including phenoxy) is 1. The van der Waals surface area contributed by atoms with E-state index < -0.39 is 0 Å². The van der Waals surface area contributed by atoms with Crippen molar-refractivity contribution in [3.63, 3.8) is 0 Å². The number of hydrazine groups is 1. The summed E-state index contributed by atoms with van der Waals surface area (Å²) in [5.41, 5.74) is 4.20. The molecule has 0 saturated heterocycles. The van der Waals surface area contributed by atoms with E-state index in [-0.39, 0.29) is 6.04 Å². The third-order valence-electron chi connectivity index (χ3n) is 3.49. The van der Waals surface area contributed by atoms with Crippen LogP contribution in [-0.2, 0) is 6.42 Å². The number of thiophene rings is 1. The van der Waals surface area contributed by atoms with Gasteiger partial charge in [-0.05, 0) is 45.4 Å². The van der Waals surface area contributed by atoms with Gasteiger partial charge in [0.15, 0.2) is 0 Å². The van der Waals surface area contributed by atoms with Gasteiger partial charge < -0.3 is 4.74 Å². The van der Waals surface area contributed by atoms with Gasteiger partial charge in [-0.15, -0.1) is 11.3 Å². The predicted molar refractivity (Wildman–Crippen MR) is 81.2 cm³/mol. The molecule has 100 valence electrons. The minimum absolute atomic E-state index is 0.114. The molecular weight excluding hydrogens is 324 g/mol. The zero-order chi connectivity index (χ0) is 13.2. The van der Waals surface area contributed by atoms with Crippen molar-refractivity contribution in [2.45, 2.75) is 12.5 Å². The van der Waals surface area contributed by atoms with Crippen LogP contribution in [0.4, 0.5) is 0 Å². The summed E-state index contributed by atoms with van der Waals surface area (Å²) in [5, 5.41) is 2.07. The Kier molecular flexibility index (Phi) is 3.88. The molecule has 1 aromatic heterocycles. The molecule has 2 heterocycles. The van der Waals surface area contributed by atoms with Gasteiger partial charge in [-0.1, -0.05) is 18.2 Å². The normalized spacial score (nSPS) is 19.6. The number of hydrogen-bond donors (Lipinski definition) is 2. The molecule has 2 atom stereocenters. The molecule has 0 saturated carbocycles. The second kappa shape index (κ2) is 5.63. The van der Waals surface area contributed by atoms with Crippen LogP contribution >= 0.6 is 27.3 Å². The van der Waals surface area contributed by atoms with Crippen molar-refractivity contribution >= 4 is 27.3 Å². The van der Waals surface area contributed by atoms with Crippen LogP contribution in [0.3, 0.4) is 0 Å². The van der Waals surface area contributed by atoms with Gasteiger partial charge >= 0.3 is 0 Å². The van der Waals surface area contributed by atoms with Crippen LogP contribution in [0.15, 0.2) is 40.2 Å². The maximum Gasteiger partial charge on any atom is 0.122 e. The standard InChI is InChI=1S/C14H15BrN2OS/c15-11-5-6-19-14(11)13(17-16)10-7-9-3-1-2-4-12(9)18-8-10/h1-6,10,13,17H,7-8,16H2. The number of para-hydroxylation sites is 1. The first kappa shape index (κ1) is 13.1. The van der Waals surface area contributed by atoms with E-state index in [1.165, 1.54) is 10.4 Å². The molecule has 2 unspecified atom stereocenters. The first-order chi connectivity index (χ1) is 9.29. The van der Waals surface area contributed by atoms with Crippen molar-refractivity contribution in [3.05, 3.63) is 50.6 Å². The number of hydrogen-bond acceptors (Lipinski definition) is 4. The molecule has 1 aliphatic rings. The van der Waals surface area contributed by atoms with E-state index in [9.17, 15) is 0 Å². The molecule has 3 N–H and O–H groups in total. The fourth-order valence-electron chi connectivity index (χ4n) is 2.52. The topological polar surface area (TPSA) is 47.3 Å². The van der Waals surface area contributed by atoms with Gasteiger partial charge in [-0.3, -0.25) is 11.3 Å². The highest BCUT2D eigenvalue weighted by molar-refractivity contribution is 9.10. The summed E-state index contributed by atoms with van der Waals surface area (Å²) in [6, 6.07) is 10.4. The maximum absolute atomic E-state index is 5.85. The predicted octanol–water partition coefficient (Wildman–Crippen LogP) is 3.27. The van der Waals surface area contributed by atoms with Crippen molar-refractivity contribution in [1.82, 2.24) is 5.43 Å². The summed E-state index contributed by atoms with van der Waals surface area (Å²) in [6.07, 6.45) is 0.982. The minimum Gasteiger partial charge on any atom is -0.493 e. The molecule has 3 nitrogen and oxygen atoms in total. The Balaban J connectivity index is 1.85. The van der Waals surface area contributed by atoms with Crippen molar-refractivity contribution in [2.24, 2.45) is 11.8 Å². The summed E-state index contributed by atoms with van der Waals surface area (Å²) in [6.45, 7) is 0.691. The molecule has 0 spiro atoms. The van der Waals surface area contributed by atoms with Crippen molar-refractivity contribution in [2.75, 3.05) is 6.61 Å². The number of halogens is 1. The fraction of sp³-hybridized carbons (Fsp3) is 0.286. The maximum atomic E-state index is 5.85. The highest BCUT2D eigenvalue weighted by Crippen LogP contribution is 2.37. The van der Waals surface area contributed by atoms with E-state index in [4.69, 9.17) is 10.6 Å². The van der Waals surface area contributed by atoms with Crippen molar-refractivity contribution in [1.29, 1.82) is 0 Å². The Morgan fingerprint density at radius 2 is 2.21 bits per heavy atom. The largest absolute Gasteiger partial charge is 0.493 e. The Morgan fingerprint density at radius 3 is 2.95 bits per heavy atom. The van der Waals surface area contributed by atoms with E-state index in [1.54, 1.807) is 11.3 Å². The minimum atomic E-state index is 0.114. The Hall–Kier alpha value is -0.880. The van der Waals surface area contributed by atoms with Gasteiger partial charge in [0.25, 0.3) is 0 Å². The first-order valence-corrected chi connectivity index (χ1v) is 7.86. The lowest BCUT2D eigenvalue weighted by atomic mass is 9.90. The summed E-state index contributed by atoms with van der Waals surface area (Å²) in [7, 11) is 0. The fourth-order valence-corrected chi connectivity index (χ4v) is 4.29. The lowest BCUT2D eigenvalue weighted by molar-refractivity contribution is 0.186. The quantitative estimate of drug-likeness (QED) is 0.667. The number of benzene rings is 1. The zero-order valence-electron chi connectivity index (χ0n) is 10.3. The van der Waals surface area contributed by atoms with E-state index >= 15 is 0 Å². The number of nitrogens with one attached hydrogen (secondary N) is 1. The van der Waals surface area contributed by atoms with Crippen LogP contribution in [0.2, 0.25) is 0 Å². The van der Waals surface area contributed by atoms with E-state index in [0.717, 1.165) is 16.6 Å². The average molecular weight is 339 g/mol. The van der Waals surface area contributed by atoms with Gasteiger partial charge in [-0.25, -0.2) is 0 Å². The third-order valence-corrected chi connectivity index (χ3v) is 5.44. The molecule has 5 heteroatoms. The number of rotatable bonds is 3. The SMILES string of the molecule is NNC(c1sccc1Br)C1COc2ccccc2C1. The van der Waals surface area contributed by atoms with E-state index in [1.807, 2.05) is 12.1 Å². The summed E-state index contributed by atoms with van der Waals surface area (Å²) >= 11 is 5.29. The van der Waals surface area contributed by atoms with Crippen LogP contribution in [0.1, 0.15) is 16.5 Å². The number of fused-ring (bicyclic) bond motifs is 1. The molecule has 0 fully saturated rings. The van der Waals surface area contributed by atoms with Crippen LogP contribution in [-0.4, -0.2) is 6.61 Å². The van der Waals surface area contributed by atoms with Crippen LogP contribution in [0, 0.1) is 5.92 Å². The van der Waals surface area contributed by atoms with Gasteiger partial charge in [0.05, 0.1) is 12.6 Å². The average Bonchev–Trinajstić information content (AvgIpc) is 2.86. The molecule has 1 aliphatic heterocycles. The summed E-state index contributed by atoms with van der Waals surface area (Å²) in [4.78, 5) is 1.23. The lowest BCUT2D eigenvalue weighted by Gasteiger charge is -2.31. The van der Waals surface area contributed by atoms with E-state index in [0.29, 0.717) is 12.5 Å². The zero-order valence-corrected chi connectivity index (χ0v) is 12.7. The van der Waals surface area contributed by atoms with E-state index in [2.05, 4.69) is 44.9 Å². The number of nitrogens with two attached hydrogens (primary N) is 1. The van der Waals surface area contributed by atoms with Crippen LogP contribution in [0.25, 0.3) is 0 Å². The molecule has 0 radical (unpaired) electrons. The molecule has 2 aromatic rings. The Morgan fingerprint density at radius 1 is 1.37 bits per heavy atom. The molecule has 19 heavy (non-hydrogen) atoms. The highest BCUT2D eigenvalue weighted by Gasteiger charge is 2.29. The van der Waals surface area contributed by atoms with Crippen LogP contribution in [0.5, 0.6) is 5.75 Å². The van der Waals surface area contributed by atoms with Gasteiger partial charge in [0.1, 0.15) is 5.75 Å². The van der Waals surface area contributed by atoms with Crippen LogP contribution < -0.4 is 16.0 Å². The lowest BCUT2D eigenvalue weighted by Crippen LogP contribution is -2.38. The van der Waals surface area contributed by atoms with Crippen molar-refractivity contribution in [3.8, 4) is 5.75 Å². The molecule has 0 aliphatic carbocycles. The smallest absolute Gasteiger partial charge is 0.122 e. The summed E-state index contributed by atoms with van der Waals surface area (Å²) in [5.74, 6) is 7.11. The molecule has 0 bridgehead atoms.